The van der Waals surface area contributed by atoms with Crippen molar-refractivity contribution in [1.29, 1.82) is 0 Å². The van der Waals surface area contributed by atoms with Gasteiger partial charge < -0.3 is 19.7 Å². The molecule has 0 saturated carbocycles. The summed E-state index contributed by atoms with van der Waals surface area (Å²) in [5.41, 5.74) is 4.47. The Morgan fingerprint density at radius 2 is 1.84 bits per heavy atom. The van der Waals surface area contributed by atoms with Crippen molar-refractivity contribution in [3.05, 3.63) is 54.5 Å². The minimum Gasteiger partial charge on any atom is -0.495 e. The van der Waals surface area contributed by atoms with Crippen molar-refractivity contribution in [1.82, 2.24) is 24.8 Å². The van der Waals surface area contributed by atoms with Crippen LogP contribution >= 0.6 is 0 Å². The molecule has 0 atom stereocenters. The van der Waals surface area contributed by atoms with Gasteiger partial charge in [0.15, 0.2) is 5.65 Å². The van der Waals surface area contributed by atoms with Crippen LogP contribution in [0.3, 0.4) is 0 Å². The number of pyridine rings is 2. The number of piperazine rings is 1. The molecule has 0 radical (unpaired) electrons. The number of rotatable bonds is 5. The molecule has 10 heteroatoms. The van der Waals surface area contributed by atoms with Crippen LogP contribution in [0.4, 0.5) is 16.3 Å². The first kappa shape index (κ1) is 25.5. The Morgan fingerprint density at radius 1 is 1.05 bits per heavy atom. The molecule has 198 valence electrons. The van der Waals surface area contributed by atoms with Crippen LogP contribution in [0.25, 0.3) is 28.1 Å². The normalized spacial score (nSPS) is 14.0. The Balaban J connectivity index is 1.49. The molecule has 3 aromatic heterocycles. The highest BCUT2D eigenvalue weighted by Crippen LogP contribution is 2.33. The lowest BCUT2D eigenvalue weighted by molar-refractivity contribution is 0.0635. The van der Waals surface area contributed by atoms with Crippen molar-refractivity contribution in [2.75, 3.05) is 43.5 Å². The number of carbonyl (C=O) groups is 1. The van der Waals surface area contributed by atoms with Crippen molar-refractivity contribution in [3.8, 4) is 22.7 Å². The number of ether oxygens (including phenoxy) is 2. The number of anilines is 2. The molecular weight excluding hydrogens is 482 g/mol. The van der Waals surface area contributed by atoms with Crippen LogP contribution < -0.4 is 20.3 Å². The molecule has 0 spiro atoms. The second-order valence-corrected chi connectivity index (χ2v) is 10.2. The molecule has 4 aromatic rings. The van der Waals surface area contributed by atoms with Gasteiger partial charge in [0.25, 0.3) is 0 Å². The standard InChI is InChI=1S/C28H33N7O3/c1-18-31-22-8-7-21(19-10-11-30-25(16-19)33-27(36)38-28(2,3)4)32-26(22)35(18)20-6-9-23(24(17-20)37-5)34-14-12-29-13-15-34/h6-11,16-17,29H,12-15H2,1-5H3,(H,30,33,36). The number of aromatic nitrogens is 4. The van der Waals surface area contributed by atoms with Gasteiger partial charge in [-0.05, 0) is 64.1 Å². The summed E-state index contributed by atoms with van der Waals surface area (Å²) >= 11 is 0. The molecule has 1 saturated heterocycles. The number of nitrogens with one attached hydrogen (secondary N) is 2. The number of nitrogens with zero attached hydrogens (tertiary/aromatic N) is 5. The average molecular weight is 516 g/mol. The van der Waals surface area contributed by atoms with Crippen LogP contribution in [0.15, 0.2) is 48.7 Å². The van der Waals surface area contributed by atoms with E-state index in [-0.39, 0.29) is 0 Å². The van der Waals surface area contributed by atoms with Gasteiger partial charge in [-0.25, -0.2) is 19.7 Å². The molecule has 1 aliphatic rings. The van der Waals surface area contributed by atoms with E-state index in [4.69, 9.17) is 19.4 Å². The number of amides is 1. The van der Waals surface area contributed by atoms with E-state index in [0.29, 0.717) is 5.82 Å². The summed E-state index contributed by atoms with van der Waals surface area (Å²) in [7, 11) is 1.70. The third-order valence-corrected chi connectivity index (χ3v) is 6.24. The Morgan fingerprint density at radius 3 is 2.58 bits per heavy atom. The number of methoxy groups -OCH3 is 1. The van der Waals surface area contributed by atoms with Gasteiger partial charge in [-0.15, -0.1) is 0 Å². The van der Waals surface area contributed by atoms with E-state index in [1.54, 1.807) is 19.4 Å². The second-order valence-electron chi connectivity index (χ2n) is 10.2. The Kier molecular flexibility index (Phi) is 6.90. The second kappa shape index (κ2) is 10.3. The topological polar surface area (TPSA) is 106 Å². The van der Waals surface area contributed by atoms with Gasteiger partial charge in [0.2, 0.25) is 0 Å². The van der Waals surface area contributed by atoms with E-state index in [2.05, 4.69) is 32.7 Å². The number of fused-ring (bicyclic) bond motifs is 1. The van der Waals surface area contributed by atoms with Gasteiger partial charge in [-0.1, -0.05) is 0 Å². The van der Waals surface area contributed by atoms with E-state index in [9.17, 15) is 4.79 Å². The molecule has 10 nitrogen and oxygen atoms in total. The van der Waals surface area contributed by atoms with Crippen LogP contribution in [0.1, 0.15) is 26.6 Å². The van der Waals surface area contributed by atoms with Gasteiger partial charge in [0, 0.05) is 44.0 Å². The van der Waals surface area contributed by atoms with E-state index >= 15 is 0 Å². The monoisotopic (exact) mass is 515 g/mol. The molecule has 0 unspecified atom stereocenters. The predicted octanol–water partition coefficient (Wildman–Crippen LogP) is 4.56. The van der Waals surface area contributed by atoms with E-state index < -0.39 is 11.7 Å². The smallest absolute Gasteiger partial charge is 0.413 e. The fourth-order valence-electron chi connectivity index (χ4n) is 4.58. The molecule has 1 fully saturated rings. The molecular formula is C28H33N7O3. The zero-order valence-corrected chi connectivity index (χ0v) is 22.4. The number of aryl methyl sites for hydroxylation is 1. The lowest BCUT2D eigenvalue weighted by Gasteiger charge is -2.30. The van der Waals surface area contributed by atoms with Crippen molar-refractivity contribution in [2.45, 2.75) is 33.3 Å². The lowest BCUT2D eigenvalue weighted by Crippen LogP contribution is -2.43. The fraction of sp³-hybridized carbons (Fsp3) is 0.357. The van der Waals surface area contributed by atoms with Crippen molar-refractivity contribution >= 4 is 28.8 Å². The molecule has 0 bridgehead atoms. The Hall–Kier alpha value is -4.18. The first-order valence-corrected chi connectivity index (χ1v) is 12.7. The van der Waals surface area contributed by atoms with E-state index in [1.165, 1.54) is 0 Å². The summed E-state index contributed by atoms with van der Waals surface area (Å²) in [6.07, 6.45) is 1.08. The maximum Gasteiger partial charge on any atom is 0.413 e. The highest BCUT2D eigenvalue weighted by molar-refractivity contribution is 5.85. The highest BCUT2D eigenvalue weighted by atomic mass is 16.6. The Labute approximate surface area is 222 Å². The number of benzene rings is 1. The zero-order valence-electron chi connectivity index (χ0n) is 22.4. The van der Waals surface area contributed by atoms with Crippen molar-refractivity contribution in [2.24, 2.45) is 0 Å². The van der Waals surface area contributed by atoms with Gasteiger partial charge >= 0.3 is 6.09 Å². The maximum atomic E-state index is 12.2. The van der Waals surface area contributed by atoms with E-state index in [0.717, 1.165) is 71.5 Å². The zero-order chi connectivity index (χ0) is 26.9. The third kappa shape index (κ3) is 5.40. The van der Waals surface area contributed by atoms with Crippen molar-refractivity contribution in [3.63, 3.8) is 0 Å². The van der Waals surface area contributed by atoms with Gasteiger partial charge in [-0.3, -0.25) is 9.88 Å². The molecule has 38 heavy (non-hydrogen) atoms. The Bertz CT molecular complexity index is 1470. The minimum atomic E-state index is -0.601. The largest absolute Gasteiger partial charge is 0.495 e. The number of imidazole rings is 1. The lowest BCUT2D eigenvalue weighted by atomic mass is 10.1. The van der Waals surface area contributed by atoms with Crippen LogP contribution in [0.2, 0.25) is 0 Å². The molecule has 2 N–H and O–H groups in total. The molecule has 4 heterocycles. The van der Waals surface area contributed by atoms with Crippen LogP contribution in [0, 0.1) is 6.92 Å². The summed E-state index contributed by atoms with van der Waals surface area (Å²) in [4.78, 5) is 28.5. The summed E-state index contributed by atoms with van der Waals surface area (Å²) in [5, 5.41) is 6.08. The fourth-order valence-corrected chi connectivity index (χ4v) is 4.58. The maximum absolute atomic E-state index is 12.2. The summed E-state index contributed by atoms with van der Waals surface area (Å²) < 4.78 is 13.2. The first-order chi connectivity index (χ1) is 18.2. The van der Waals surface area contributed by atoms with Crippen LogP contribution in [0.5, 0.6) is 5.75 Å². The average Bonchev–Trinajstić information content (AvgIpc) is 3.22. The van der Waals surface area contributed by atoms with Gasteiger partial charge in [0.1, 0.15) is 28.5 Å². The third-order valence-electron chi connectivity index (χ3n) is 6.24. The molecule has 1 amide bonds. The SMILES string of the molecule is COc1cc(-n2c(C)nc3ccc(-c4ccnc(NC(=O)OC(C)(C)C)c4)nc32)ccc1N1CCNCC1. The molecule has 0 aliphatic carbocycles. The molecule has 5 rings (SSSR count). The highest BCUT2D eigenvalue weighted by Gasteiger charge is 2.19. The van der Waals surface area contributed by atoms with Crippen molar-refractivity contribution < 1.29 is 14.3 Å². The summed E-state index contributed by atoms with van der Waals surface area (Å²) in [5.74, 6) is 2.02. The first-order valence-electron chi connectivity index (χ1n) is 12.7. The van der Waals surface area contributed by atoms with E-state index in [1.807, 2.05) is 56.5 Å². The van der Waals surface area contributed by atoms with Gasteiger partial charge in [-0.2, -0.15) is 0 Å². The number of hydrogen-bond acceptors (Lipinski definition) is 8. The number of carbonyl (C=O) groups excluding carboxylic acids is 1. The quantitative estimate of drug-likeness (QED) is 0.399. The number of hydrogen-bond donors (Lipinski definition) is 2. The van der Waals surface area contributed by atoms with Crippen LogP contribution in [-0.4, -0.2) is 64.5 Å². The minimum absolute atomic E-state index is 0.386. The predicted molar refractivity (Wildman–Crippen MR) is 148 cm³/mol. The molecule has 1 aliphatic heterocycles. The molecule has 1 aromatic carbocycles. The summed E-state index contributed by atoms with van der Waals surface area (Å²) in [6, 6.07) is 13.7. The van der Waals surface area contributed by atoms with Crippen LogP contribution in [-0.2, 0) is 4.74 Å². The van der Waals surface area contributed by atoms with Gasteiger partial charge in [0.05, 0.1) is 24.2 Å². The summed E-state index contributed by atoms with van der Waals surface area (Å²) in [6.45, 7) is 11.2.